The van der Waals surface area contributed by atoms with Gasteiger partial charge in [-0.3, -0.25) is 9.59 Å². The quantitative estimate of drug-likeness (QED) is 0.423. The molecular formula is C28H36N2O4S. The van der Waals surface area contributed by atoms with Crippen LogP contribution in [0.25, 0.3) is 11.1 Å². The van der Waals surface area contributed by atoms with Crippen LogP contribution in [-0.2, 0) is 9.59 Å². The average molecular weight is 497 g/mol. The molecule has 6 nitrogen and oxygen atoms in total. The highest BCUT2D eigenvalue weighted by Gasteiger charge is 2.25. The number of carboxylic acid groups (broad SMARTS) is 1. The Morgan fingerprint density at radius 2 is 1.77 bits per heavy atom. The van der Waals surface area contributed by atoms with Crippen LogP contribution in [0.15, 0.2) is 42.5 Å². The Bertz CT molecular complexity index is 1050. The molecular weight excluding hydrogens is 460 g/mol. The average Bonchev–Trinajstić information content (AvgIpc) is 2.86. The molecule has 0 bridgehead atoms. The first-order valence-corrected chi connectivity index (χ1v) is 13.7. The molecule has 2 aromatic rings. The van der Waals surface area contributed by atoms with Crippen LogP contribution in [0.1, 0.15) is 72.9 Å². The van der Waals surface area contributed by atoms with Crippen molar-refractivity contribution < 1.29 is 19.5 Å². The van der Waals surface area contributed by atoms with Crippen LogP contribution in [0.2, 0.25) is 0 Å². The summed E-state index contributed by atoms with van der Waals surface area (Å²) in [6.07, 6.45) is 7.81. The lowest BCUT2D eigenvalue weighted by atomic mass is 9.89. The van der Waals surface area contributed by atoms with Crippen LogP contribution < -0.4 is 10.6 Å². The number of benzene rings is 2. The fraction of sp³-hybridized carbons (Fsp3) is 0.464. The number of carboxylic acids is 1. The van der Waals surface area contributed by atoms with Gasteiger partial charge in [-0.05, 0) is 79.5 Å². The zero-order chi connectivity index (χ0) is 25.4. The first kappa shape index (κ1) is 26.8. The second kappa shape index (κ2) is 12.8. The van der Waals surface area contributed by atoms with E-state index in [0.29, 0.717) is 23.3 Å². The molecule has 3 N–H and O–H groups in total. The van der Waals surface area contributed by atoms with E-state index in [1.807, 2.05) is 50.4 Å². The predicted molar refractivity (Wildman–Crippen MR) is 142 cm³/mol. The topological polar surface area (TPSA) is 95.5 Å². The smallest absolute Gasteiger partial charge is 0.326 e. The standard InChI is InChI=1S/C28H36N2O4S/c1-18-9-7-8-12-22(18)24-17-20(19(2)26(31)29-21-10-5-4-6-11-21)13-14-23(24)27(32)30-25(28(33)34)15-16-35-3/h7-9,12-14,17,19,21,25H,4-6,10-11,15-16H2,1-3H3,(H,29,31)(H,30,32)(H,33,34). The maximum absolute atomic E-state index is 13.2. The number of hydrogen-bond donors (Lipinski definition) is 3. The summed E-state index contributed by atoms with van der Waals surface area (Å²) in [6.45, 7) is 3.86. The molecule has 0 aliphatic heterocycles. The van der Waals surface area contributed by atoms with Crippen LogP contribution >= 0.6 is 11.8 Å². The maximum Gasteiger partial charge on any atom is 0.326 e. The van der Waals surface area contributed by atoms with Gasteiger partial charge in [-0.15, -0.1) is 0 Å². The number of amides is 2. The molecule has 1 fully saturated rings. The Balaban J connectivity index is 1.91. The van der Waals surface area contributed by atoms with E-state index in [-0.39, 0.29) is 17.9 Å². The molecule has 2 aromatic carbocycles. The summed E-state index contributed by atoms with van der Waals surface area (Å²) in [5, 5.41) is 15.5. The molecule has 0 radical (unpaired) electrons. The van der Waals surface area contributed by atoms with Crippen molar-refractivity contribution >= 4 is 29.5 Å². The monoisotopic (exact) mass is 496 g/mol. The Hall–Kier alpha value is -2.80. The SMILES string of the molecule is CSCCC(NC(=O)c1ccc(C(C)C(=O)NC2CCCCC2)cc1-c1ccccc1C)C(=O)O. The normalized spacial score (nSPS) is 15.7. The number of nitrogens with one attached hydrogen (secondary N) is 2. The van der Waals surface area contributed by atoms with E-state index in [1.54, 1.807) is 12.1 Å². The van der Waals surface area contributed by atoms with Crippen molar-refractivity contribution in [3.8, 4) is 11.1 Å². The number of rotatable bonds is 10. The van der Waals surface area contributed by atoms with Gasteiger partial charge in [0.05, 0.1) is 5.92 Å². The summed E-state index contributed by atoms with van der Waals surface area (Å²) < 4.78 is 0. The molecule has 2 atom stereocenters. The first-order valence-electron chi connectivity index (χ1n) is 12.3. The summed E-state index contributed by atoms with van der Waals surface area (Å²) in [5.74, 6) is -1.22. The highest BCUT2D eigenvalue weighted by atomic mass is 32.2. The lowest BCUT2D eigenvalue weighted by molar-refractivity contribution is -0.139. The highest BCUT2D eigenvalue weighted by molar-refractivity contribution is 7.98. The van der Waals surface area contributed by atoms with Crippen LogP contribution in [-0.4, -0.2) is 47.0 Å². The molecule has 188 valence electrons. The number of aryl methyl sites for hydroxylation is 1. The first-order chi connectivity index (χ1) is 16.8. The third kappa shape index (κ3) is 7.10. The van der Waals surface area contributed by atoms with E-state index in [1.165, 1.54) is 18.2 Å². The van der Waals surface area contributed by atoms with Gasteiger partial charge < -0.3 is 15.7 Å². The molecule has 1 aliphatic rings. The van der Waals surface area contributed by atoms with Crippen molar-refractivity contribution in [3.05, 3.63) is 59.2 Å². The number of aliphatic carboxylic acids is 1. The third-order valence-corrected chi connectivity index (χ3v) is 7.43. The molecule has 0 aromatic heterocycles. The van der Waals surface area contributed by atoms with Crippen LogP contribution in [0.3, 0.4) is 0 Å². The van der Waals surface area contributed by atoms with Gasteiger partial charge >= 0.3 is 5.97 Å². The van der Waals surface area contributed by atoms with Gasteiger partial charge in [-0.2, -0.15) is 11.8 Å². The Labute approximate surface area is 212 Å². The molecule has 1 aliphatic carbocycles. The summed E-state index contributed by atoms with van der Waals surface area (Å²) in [6, 6.07) is 12.5. The Morgan fingerprint density at radius 1 is 1.06 bits per heavy atom. The van der Waals surface area contributed by atoms with Gasteiger partial charge in [-0.1, -0.05) is 49.6 Å². The lowest BCUT2D eigenvalue weighted by Crippen LogP contribution is -2.41. The molecule has 7 heteroatoms. The minimum Gasteiger partial charge on any atom is -0.480 e. The van der Waals surface area contributed by atoms with Crippen molar-refractivity contribution in [2.75, 3.05) is 12.0 Å². The fourth-order valence-electron chi connectivity index (χ4n) is 4.58. The predicted octanol–water partition coefficient (Wildman–Crippen LogP) is 5.15. The highest BCUT2D eigenvalue weighted by Crippen LogP contribution is 2.31. The van der Waals surface area contributed by atoms with Crippen LogP contribution in [0, 0.1) is 6.92 Å². The van der Waals surface area contributed by atoms with E-state index in [2.05, 4.69) is 10.6 Å². The Morgan fingerprint density at radius 3 is 2.43 bits per heavy atom. The largest absolute Gasteiger partial charge is 0.480 e. The molecule has 3 rings (SSSR count). The van der Waals surface area contributed by atoms with E-state index < -0.39 is 17.9 Å². The second-order valence-corrected chi connectivity index (χ2v) is 10.3. The van der Waals surface area contributed by atoms with Gasteiger partial charge in [-0.25, -0.2) is 4.79 Å². The summed E-state index contributed by atoms with van der Waals surface area (Å²) in [5.41, 5.74) is 3.80. The third-order valence-electron chi connectivity index (χ3n) is 6.78. The van der Waals surface area contributed by atoms with Crippen molar-refractivity contribution in [3.63, 3.8) is 0 Å². The van der Waals surface area contributed by atoms with Crippen molar-refractivity contribution in [1.29, 1.82) is 0 Å². The van der Waals surface area contributed by atoms with Crippen LogP contribution in [0.4, 0.5) is 0 Å². The zero-order valence-electron chi connectivity index (χ0n) is 20.8. The minimum atomic E-state index is -1.05. The molecule has 0 saturated heterocycles. The van der Waals surface area contributed by atoms with Crippen LogP contribution in [0.5, 0.6) is 0 Å². The van der Waals surface area contributed by atoms with Crippen molar-refractivity contribution in [1.82, 2.24) is 10.6 Å². The number of hydrogen-bond acceptors (Lipinski definition) is 4. The number of carbonyl (C=O) groups excluding carboxylic acids is 2. The second-order valence-electron chi connectivity index (χ2n) is 9.33. The number of thioether (sulfide) groups is 1. The van der Waals surface area contributed by atoms with Gasteiger partial charge in [0.2, 0.25) is 5.91 Å². The summed E-state index contributed by atoms with van der Waals surface area (Å²) in [4.78, 5) is 37.9. The van der Waals surface area contributed by atoms with E-state index in [0.717, 1.165) is 42.4 Å². The molecule has 1 saturated carbocycles. The Kier molecular flexibility index (Phi) is 9.78. The zero-order valence-corrected chi connectivity index (χ0v) is 21.6. The van der Waals surface area contributed by atoms with E-state index >= 15 is 0 Å². The maximum atomic E-state index is 13.2. The minimum absolute atomic E-state index is 0.00663. The van der Waals surface area contributed by atoms with Crippen molar-refractivity contribution in [2.45, 2.75) is 70.4 Å². The lowest BCUT2D eigenvalue weighted by Gasteiger charge is -2.25. The van der Waals surface area contributed by atoms with Gasteiger partial charge in [0.1, 0.15) is 6.04 Å². The number of carbonyl (C=O) groups is 3. The molecule has 2 unspecified atom stereocenters. The van der Waals surface area contributed by atoms with Gasteiger partial charge in [0, 0.05) is 11.6 Å². The molecule has 35 heavy (non-hydrogen) atoms. The fourth-order valence-corrected chi connectivity index (χ4v) is 5.05. The molecule has 0 heterocycles. The van der Waals surface area contributed by atoms with E-state index in [9.17, 15) is 19.5 Å². The van der Waals surface area contributed by atoms with E-state index in [4.69, 9.17) is 0 Å². The summed E-state index contributed by atoms with van der Waals surface area (Å²) in [7, 11) is 0. The molecule has 0 spiro atoms. The van der Waals surface area contributed by atoms with Crippen molar-refractivity contribution in [2.24, 2.45) is 0 Å². The van der Waals surface area contributed by atoms with Gasteiger partial charge in [0.25, 0.3) is 5.91 Å². The van der Waals surface area contributed by atoms with Gasteiger partial charge in [0.15, 0.2) is 0 Å². The molecule has 2 amide bonds. The summed E-state index contributed by atoms with van der Waals surface area (Å²) >= 11 is 1.54.